The molecular weight excluding hydrogens is 959 g/mol. The van der Waals surface area contributed by atoms with Gasteiger partial charge in [0, 0.05) is 12.8 Å². The summed E-state index contributed by atoms with van der Waals surface area (Å²) in [6.45, 7) is 4.97. The Hall–Kier alpha value is -1.66. The van der Waals surface area contributed by atoms with Crippen molar-refractivity contribution in [2.45, 2.75) is 411 Å². The van der Waals surface area contributed by atoms with Crippen LogP contribution in [0.2, 0.25) is 0 Å². The van der Waals surface area contributed by atoms with Gasteiger partial charge in [0.25, 0.3) is 0 Å². The maximum Gasteiger partial charge on any atom is 0.305 e. The second kappa shape index (κ2) is 67.8. The Morgan fingerprint density at radius 3 is 0.987 bits per heavy atom. The van der Waals surface area contributed by atoms with E-state index >= 15 is 0 Å². The predicted molar refractivity (Wildman–Crippen MR) is 343 cm³/mol. The summed E-state index contributed by atoms with van der Waals surface area (Å²) in [5.74, 6) is -0.0167. The van der Waals surface area contributed by atoms with Gasteiger partial charge in [-0.3, -0.25) is 9.59 Å². The molecule has 78 heavy (non-hydrogen) atoms. The van der Waals surface area contributed by atoms with Crippen LogP contribution in [0.25, 0.3) is 0 Å². The largest absolute Gasteiger partial charge is 0.466 e. The van der Waals surface area contributed by atoms with Crippen LogP contribution in [0.4, 0.5) is 0 Å². The number of amides is 1. The maximum absolute atomic E-state index is 12.5. The lowest BCUT2D eigenvalue weighted by Crippen LogP contribution is -2.45. The fourth-order valence-electron chi connectivity index (χ4n) is 11.3. The molecule has 0 heterocycles. The van der Waals surface area contributed by atoms with Gasteiger partial charge in [-0.1, -0.05) is 353 Å². The Morgan fingerprint density at radius 1 is 0.359 bits per heavy atom. The lowest BCUT2D eigenvalue weighted by molar-refractivity contribution is -0.143. The first-order valence-corrected chi connectivity index (χ1v) is 35.6. The summed E-state index contributed by atoms with van der Waals surface area (Å²) in [5.41, 5.74) is 0. The van der Waals surface area contributed by atoms with Gasteiger partial charge >= 0.3 is 5.97 Å². The van der Waals surface area contributed by atoms with Crippen molar-refractivity contribution in [3.8, 4) is 0 Å². The number of nitrogens with one attached hydrogen (secondary N) is 1. The van der Waals surface area contributed by atoms with Gasteiger partial charge in [0.1, 0.15) is 0 Å². The van der Waals surface area contributed by atoms with Crippen molar-refractivity contribution in [3.05, 3.63) is 24.3 Å². The van der Waals surface area contributed by atoms with E-state index in [-0.39, 0.29) is 18.5 Å². The number of unbranched alkanes of at least 4 members (excludes halogenated alkanes) is 52. The number of rotatable bonds is 67. The Morgan fingerprint density at radius 2 is 0.641 bits per heavy atom. The Bertz CT molecular complexity index is 1220. The molecule has 0 aromatic heterocycles. The van der Waals surface area contributed by atoms with E-state index in [4.69, 9.17) is 4.74 Å². The molecule has 0 saturated carbocycles. The normalized spacial score (nSPS) is 12.6. The van der Waals surface area contributed by atoms with Gasteiger partial charge in [0.05, 0.1) is 25.4 Å². The van der Waals surface area contributed by atoms with E-state index in [9.17, 15) is 19.8 Å². The molecule has 0 aromatic carbocycles. The lowest BCUT2D eigenvalue weighted by Gasteiger charge is -2.22. The van der Waals surface area contributed by atoms with Crippen molar-refractivity contribution >= 4 is 11.9 Å². The number of carbonyl (C=O) groups is 2. The van der Waals surface area contributed by atoms with Crippen LogP contribution in [0.1, 0.15) is 399 Å². The van der Waals surface area contributed by atoms with E-state index in [2.05, 4.69) is 43.5 Å². The zero-order valence-corrected chi connectivity index (χ0v) is 52.9. The summed E-state index contributed by atoms with van der Waals surface area (Å²) in [4.78, 5) is 24.6. The molecule has 6 nitrogen and oxygen atoms in total. The topological polar surface area (TPSA) is 95.9 Å². The minimum Gasteiger partial charge on any atom is -0.466 e. The van der Waals surface area contributed by atoms with Crippen molar-refractivity contribution in [1.82, 2.24) is 5.32 Å². The van der Waals surface area contributed by atoms with E-state index in [0.717, 1.165) is 51.4 Å². The van der Waals surface area contributed by atoms with Crippen LogP contribution in [0.3, 0.4) is 0 Å². The molecule has 0 spiro atoms. The fourth-order valence-corrected chi connectivity index (χ4v) is 11.3. The fraction of sp³-hybridized carbons (Fsp3) is 0.917. The molecule has 462 valence electrons. The van der Waals surface area contributed by atoms with Crippen LogP contribution < -0.4 is 5.32 Å². The predicted octanol–water partition coefficient (Wildman–Crippen LogP) is 22.9. The third-order valence-electron chi connectivity index (χ3n) is 16.8. The first-order valence-electron chi connectivity index (χ1n) is 35.6. The second-order valence-corrected chi connectivity index (χ2v) is 24.6. The van der Waals surface area contributed by atoms with Crippen LogP contribution in [0.15, 0.2) is 24.3 Å². The summed E-state index contributed by atoms with van der Waals surface area (Å²) >= 11 is 0. The van der Waals surface area contributed by atoms with E-state index in [0.29, 0.717) is 25.9 Å². The van der Waals surface area contributed by atoms with Gasteiger partial charge in [-0.05, 0) is 57.8 Å². The van der Waals surface area contributed by atoms with Crippen molar-refractivity contribution in [2.75, 3.05) is 13.2 Å². The molecule has 0 aliphatic carbocycles. The van der Waals surface area contributed by atoms with Gasteiger partial charge in [-0.2, -0.15) is 0 Å². The number of ether oxygens (including phenoxy) is 1. The average Bonchev–Trinajstić information content (AvgIpc) is 3.44. The highest BCUT2D eigenvalue weighted by Crippen LogP contribution is 2.19. The summed E-state index contributed by atoms with van der Waals surface area (Å²) in [7, 11) is 0. The molecule has 0 fully saturated rings. The van der Waals surface area contributed by atoms with Gasteiger partial charge in [-0.25, -0.2) is 0 Å². The molecule has 0 saturated heterocycles. The number of allylic oxidation sites excluding steroid dienone is 4. The Labute approximate surface area is 488 Å². The molecule has 1 amide bonds. The Kier molecular flexibility index (Phi) is 66.4. The minimum absolute atomic E-state index is 0.0122. The lowest BCUT2D eigenvalue weighted by atomic mass is 10.0. The minimum atomic E-state index is -0.662. The summed E-state index contributed by atoms with van der Waals surface area (Å²) in [6.07, 6.45) is 85.1. The van der Waals surface area contributed by atoms with Crippen LogP contribution in [0.5, 0.6) is 0 Å². The number of aliphatic hydroxyl groups is 2. The highest BCUT2D eigenvalue weighted by atomic mass is 16.5. The van der Waals surface area contributed by atoms with Crippen molar-refractivity contribution in [3.63, 3.8) is 0 Å². The molecule has 0 radical (unpaired) electrons. The zero-order chi connectivity index (χ0) is 56.4. The van der Waals surface area contributed by atoms with Crippen LogP contribution in [-0.2, 0) is 14.3 Å². The molecule has 0 aliphatic heterocycles. The summed E-state index contributed by atoms with van der Waals surface area (Å²) in [6, 6.07) is -0.539. The Balaban J connectivity index is 3.33. The van der Waals surface area contributed by atoms with E-state index in [1.54, 1.807) is 0 Å². The standard InChI is InChI=1S/C72H139NO5/c1-3-5-7-9-11-13-15-17-19-20-34-38-42-46-50-54-58-62-66-72(77)78-67-63-59-55-51-47-43-39-35-32-30-28-26-24-22-21-23-25-27-29-31-33-37-41-45-49-53-57-61-65-71(76)73-69(68-74)70(75)64-60-56-52-48-44-40-36-18-16-14-12-10-8-6-4-2/h13,15,19-20,69-70,74-75H,3-12,14,16-18,21-68H2,1-2H3,(H,73,76)/b15-13-,20-19-. The van der Waals surface area contributed by atoms with E-state index < -0.39 is 12.1 Å². The molecule has 3 N–H and O–H groups in total. The molecule has 0 rings (SSSR count). The third kappa shape index (κ3) is 63.5. The average molecular weight is 1100 g/mol. The van der Waals surface area contributed by atoms with Crippen LogP contribution in [0, 0.1) is 0 Å². The van der Waals surface area contributed by atoms with E-state index in [1.807, 2.05) is 0 Å². The van der Waals surface area contributed by atoms with Gasteiger partial charge < -0.3 is 20.3 Å². The van der Waals surface area contributed by atoms with Crippen LogP contribution >= 0.6 is 0 Å². The molecular formula is C72H139NO5. The van der Waals surface area contributed by atoms with Crippen LogP contribution in [-0.4, -0.2) is 47.4 Å². The summed E-state index contributed by atoms with van der Waals surface area (Å²) in [5, 5.41) is 23.3. The monoisotopic (exact) mass is 1100 g/mol. The van der Waals surface area contributed by atoms with Gasteiger partial charge in [0.15, 0.2) is 0 Å². The molecule has 2 atom stereocenters. The van der Waals surface area contributed by atoms with Crippen molar-refractivity contribution < 1.29 is 24.5 Å². The molecule has 0 aromatic rings. The third-order valence-corrected chi connectivity index (χ3v) is 16.8. The molecule has 6 heteroatoms. The molecule has 0 aliphatic rings. The number of hydrogen-bond acceptors (Lipinski definition) is 5. The highest BCUT2D eigenvalue weighted by Gasteiger charge is 2.20. The van der Waals surface area contributed by atoms with Crippen molar-refractivity contribution in [2.24, 2.45) is 0 Å². The number of carbonyl (C=O) groups excluding carboxylic acids is 2. The van der Waals surface area contributed by atoms with Gasteiger partial charge in [0.2, 0.25) is 5.91 Å². The highest BCUT2D eigenvalue weighted by molar-refractivity contribution is 5.76. The number of esters is 1. The second-order valence-electron chi connectivity index (χ2n) is 24.6. The quantitative estimate of drug-likeness (QED) is 0.0320. The van der Waals surface area contributed by atoms with Gasteiger partial charge in [-0.15, -0.1) is 0 Å². The molecule has 2 unspecified atom stereocenters. The van der Waals surface area contributed by atoms with E-state index in [1.165, 1.54) is 315 Å². The maximum atomic E-state index is 12.5. The first kappa shape index (κ1) is 76.3. The smallest absolute Gasteiger partial charge is 0.305 e. The first-order chi connectivity index (χ1) is 38.5. The zero-order valence-electron chi connectivity index (χ0n) is 52.9. The number of hydrogen-bond donors (Lipinski definition) is 3. The van der Waals surface area contributed by atoms with Crippen molar-refractivity contribution in [1.29, 1.82) is 0 Å². The SMILES string of the molecule is CCCCCC/C=C\C/C=C\CCCCCCCCCC(=O)OCCCCCCCCCCCCCCCCCCCCCCCCCCCCCCC(=O)NC(CO)C(O)CCCCCCCCCCCCCCCCC. The molecule has 0 bridgehead atoms. The summed E-state index contributed by atoms with van der Waals surface area (Å²) < 4.78 is 5.50. The number of aliphatic hydroxyl groups excluding tert-OH is 2.